The van der Waals surface area contributed by atoms with Crippen LogP contribution in [0.5, 0.6) is 0 Å². The number of piperidine rings is 1. The Hall–Kier alpha value is -4.33. The number of aliphatic carboxylic acids is 1. The van der Waals surface area contributed by atoms with Crippen LogP contribution < -0.4 is 10.4 Å². The highest BCUT2D eigenvalue weighted by molar-refractivity contribution is 5.96. The number of alkyl halides is 3. The van der Waals surface area contributed by atoms with Crippen molar-refractivity contribution in [2.75, 3.05) is 51.3 Å². The summed E-state index contributed by atoms with van der Waals surface area (Å²) < 4.78 is 33.5. The topological polar surface area (TPSA) is 147 Å². The monoisotopic (exact) mass is 670 g/mol. The van der Waals surface area contributed by atoms with Crippen molar-refractivity contribution in [2.45, 2.75) is 63.3 Å². The number of fused-ring (bicyclic) bond motifs is 1. The zero-order chi connectivity index (χ0) is 34.4. The molecule has 0 bridgehead atoms. The van der Waals surface area contributed by atoms with Gasteiger partial charge in [-0.3, -0.25) is 25.0 Å². The fourth-order valence-corrected chi connectivity index (χ4v) is 6.51. The van der Waals surface area contributed by atoms with Crippen molar-refractivity contribution in [1.29, 1.82) is 5.26 Å². The molecule has 0 unspecified atom stereocenters. The first-order chi connectivity index (χ1) is 22.9. The molecule has 258 valence electrons. The summed E-state index contributed by atoms with van der Waals surface area (Å²) in [5.41, 5.74) is 6.07. The summed E-state index contributed by atoms with van der Waals surface area (Å²) in [6, 6.07) is 10.8. The number of hydrogen-bond donors (Lipinski definition) is 2. The number of hydrogen-bond acceptors (Lipinski definition) is 10. The SMILES string of the molecule is CN1CCN(C2CCN(Cc3ccc(C(=O)NN(c4nc(C#N)nc5c4ncn5C)C4CCCC4)cc3)CC2)CC1.O=C(O)C(F)(F)F. The number of carboxylic acids is 1. The molecule has 1 saturated carbocycles. The Labute approximate surface area is 276 Å². The van der Waals surface area contributed by atoms with E-state index in [0.717, 1.165) is 45.3 Å². The number of halogens is 3. The number of amides is 1. The molecule has 1 aliphatic carbocycles. The van der Waals surface area contributed by atoms with E-state index in [4.69, 9.17) is 9.90 Å². The molecule has 0 radical (unpaired) electrons. The Bertz CT molecular complexity index is 1600. The highest BCUT2D eigenvalue weighted by atomic mass is 19.4. The molecule has 2 saturated heterocycles. The van der Waals surface area contributed by atoms with E-state index in [0.29, 0.717) is 28.6 Å². The standard InChI is InChI=1S/C30H40N10O.C2HF3O2/c1-36-15-17-39(18-16-36)24-11-13-38(14-12-24)20-22-7-9-23(10-8-22)30(41)35-40(25-5-3-4-6-25)29-27-28(37(2)21-32-27)33-26(19-31)34-29;3-2(4,5)1(6)7/h7-10,21,24-25H,3-6,11-18,20H2,1-2H3,(H,35,41);(H,6,7). The number of carboxylic acid groups (broad SMARTS) is 1. The van der Waals surface area contributed by atoms with Gasteiger partial charge >= 0.3 is 12.1 Å². The van der Waals surface area contributed by atoms with Crippen LogP contribution in [0.3, 0.4) is 0 Å². The molecule has 3 fully saturated rings. The predicted molar refractivity (Wildman–Crippen MR) is 171 cm³/mol. The molecule has 16 heteroatoms. The normalized spacial score (nSPS) is 18.7. The minimum Gasteiger partial charge on any atom is -0.475 e. The molecular weight excluding hydrogens is 629 g/mol. The van der Waals surface area contributed by atoms with Gasteiger partial charge in [0.1, 0.15) is 6.07 Å². The third-order valence-electron chi connectivity index (χ3n) is 9.26. The fourth-order valence-electron chi connectivity index (χ4n) is 6.51. The number of nitriles is 1. The largest absolute Gasteiger partial charge is 0.490 e. The van der Waals surface area contributed by atoms with Crippen molar-refractivity contribution in [3.05, 3.63) is 47.5 Å². The van der Waals surface area contributed by atoms with Crippen molar-refractivity contribution >= 4 is 28.9 Å². The molecule has 2 aliphatic heterocycles. The Morgan fingerprint density at radius 3 is 2.21 bits per heavy atom. The average Bonchev–Trinajstić information content (AvgIpc) is 3.74. The molecule has 0 spiro atoms. The van der Waals surface area contributed by atoms with Crippen molar-refractivity contribution < 1.29 is 27.9 Å². The molecule has 6 rings (SSSR count). The van der Waals surface area contributed by atoms with Crippen molar-refractivity contribution in [2.24, 2.45) is 7.05 Å². The molecule has 1 amide bonds. The molecule has 2 aromatic heterocycles. The van der Waals surface area contributed by atoms with Crippen LogP contribution in [0.15, 0.2) is 30.6 Å². The molecule has 48 heavy (non-hydrogen) atoms. The quantitative estimate of drug-likeness (QED) is 0.358. The van der Waals surface area contributed by atoms with E-state index in [1.807, 2.05) is 24.2 Å². The Kier molecular flexibility index (Phi) is 11.1. The van der Waals surface area contributed by atoms with E-state index in [1.54, 1.807) is 10.9 Å². The number of carbonyl (C=O) groups is 2. The van der Waals surface area contributed by atoms with Gasteiger partial charge in [-0.05, 0) is 63.5 Å². The second-order valence-corrected chi connectivity index (χ2v) is 12.6. The van der Waals surface area contributed by atoms with Gasteiger partial charge in [-0.2, -0.15) is 28.4 Å². The van der Waals surface area contributed by atoms with E-state index in [-0.39, 0.29) is 17.8 Å². The molecular formula is C32H41F3N10O3. The summed E-state index contributed by atoms with van der Waals surface area (Å²) in [6.07, 6.45) is 3.06. The second kappa shape index (κ2) is 15.3. The van der Waals surface area contributed by atoms with Gasteiger partial charge < -0.3 is 14.6 Å². The average molecular weight is 671 g/mol. The zero-order valence-electron chi connectivity index (χ0n) is 27.2. The first kappa shape index (κ1) is 35.0. The molecule has 3 aliphatic rings. The van der Waals surface area contributed by atoms with Crippen LogP contribution in [0.1, 0.15) is 60.3 Å². The number of aryl methyl sites for hydroxylation is 1. The summed E-state index contributed by atoms with van der Waals surface area (Å²) in [5, 5.41) is 18.5. The van der Waals surface area contributed by atoms with E-state index < -0.39 is 12.1 Å². The predicted octanol–water partition coefficient (Wildman–Crippen LogP) is 3.17. The number of piperazine rings is 1. The van der Waals surface area contributed by atoms with Crippen LogP contribution in [0, 0.1) is 11.3 Å². The molecule has 13 nitrogen and oxygen atoms in total. The van der Waals surface area contributed by atoms with E-state index >= 15 is 0 Å². The van der Waals surface area contributed by atoms with Crippen LogP contribution in [0.25, 0.3) is 11.2 Å². The highest BCUT2D eigenvalue weighted by Crippen LogP contribution is 2.30. The van der Waals surface area contributed by atoms with Crippen LogP contribution >= 0.6 is 0 Å². The van der Waals surface area contributed by atoms with E-state index in [9.17, 15) is 23.2 Å². The van der Waals surface area contributed by atoms with Gasteiger partial charge in [-0.15, -0.1) is 0 Å². The van der Waals surface area contributed by atoms with E-state index in [2.05, 4.69) is 60.3 Å². The van der Waals surface area contributed by atoms with Crippen molar-refractivity contribution in [3.63, 3.8) is 0 Å². The lowest BCUT2D eigenvalue weighted by Crippen LogP contribution is -2.52. The number of hydrazine groups is 1. The zero-order valence-corrected chi connectivity index (χ0v) is 27.2. The van der Waals surface area contributed by atoms with Gasteiger partial charge in [-0.25, -0.2) is 9.78 Å². The van der Waals surface area contributed by atoms with Gasteiger partial charge in [0, 0.05) is 51.4 Å². The summed E-state index contributed by atoms with van der Waals surface area (Å²) in [5.74, 6) is -2.42. The summed E-state index contributed by atoms with van der Waals surface area (Å²) >= 11 is 0. The summed E-state index contributed by atoms with van der Waals surface area (Å²) in [4.78, 5) is 43.3. The minimum absolute atomic E-state index is 0.0604. The fraction of sp³-hybridized carbons (Fsp3) is 0.562. The molecule has 2 N–H and O–H groups in total. The lowest BCUT2D eigenvalue weighted by Gasteiger charge is -2.42. The Balaban J connectivity index is 0.000000582. The first-order valence-corrected chi connectivity index (χ1v) is 16.2. The van der Waals surface area contributed by atoms with Gasteiger partial charge in [0.2, 0.25) is 5.82 Å². The molecule has 4 heterocycles. The number of nitrogens with zero attached hydrogens (tertiary/aromatic N) is 9. The third kappa shape index (κ3) is 8.57. The molecule has 3 aromatic rings. The van der Waals surface area contributed by atoms with Gasteiger partial charge in [0.15, 0.2) is 17.0 Å². The van der Waals surface area contributed by atoms with Crippen LogP contribution in [-0.4, -0.2) is 116 Å². The lowest BCUT2D eigenvalue weighted by atomic mass is 10.0. The maximum absolute atomic E-state index is 13.5. The number of benzene rings is 1. The minimum atomic E-state index is -5.08. The number of aromatic nitrogens is 4. The summed E-state index contributed by atoms with van der Waals surface area (Å²) in [6.45, 7) is 7.85. The Morgan fingerprint density at radius 1 is 1.00 bits per heavy atom. The smallest absolute Gasteiger partial charge is 0.475 e. The maximum atomic E-state index is 13.5. The second-order valence-electron chi connectivity index (χ2n) is 12.6. The number of likely N-dealkylation sites (N-methyl/N-ethyl adjacent to an activating group) is 1. The Morgan fingerprint density at radius 2 is 1.62 bits per heavy atom. The van der Waals surface area contributed by atoms with Crippen LogP contribution in [0.2, 0.25) is 0 Å². The number of rotatable bonds is 7. The van der Waals surface area contributed by atoms with Crippen LogP contribution in [-0.2, 0) is 18.4 Å². The first-order valence-electron chi connectivity index (χ1n) is 16.2. The van der Waals surface area contributed by atoms with Crippen molar-refractivity contribution in [3.8, 4) is 6.07 Å². The van der Waals surface area contributed by atoms with E-state index in [1.165, 1.54) is 44.6 Å². The summed E-state index contributed by atoms with van der Waals surface area (Å²) in [7, 11) is 4.05. The highest BCUT2D eigenvalue weighted by Gasteiger charge is 2.38. The van der Waals surface area contributed by atoms with Crippen molar-refractivity contribution in [1.82, 2.24) is 39.6 Å². The van der Waals surface area contributed by atoms with Crippen LogP contribution in [0.4, 0.5) is 19.0 Å². The maximum Gasteiger partial charge on any atom is 0.490 e. The number of nitrogens with one attached hydrogen (secondary N) is 1. The molecule has 0 atom stereocenters. The number of anilines is 1. The lowest BCUT2D eigenvalue weighted by molar-refractivity contribution is -0.192. The third-order valence-corrected chi connectivity index (χ3v) is 9.26. The molecule has 1 aromatic carbocycles. The van der Waals surface area contributed by atoms with Gasteiger partial charge in [-0.1, -0.05) is 25.0 Å². The van der Waals surface area contributed by atoms with Gasteiger partial charge in [0.05, 0.1) is 12.4 Å². The van der Waals surface area contributed by atoms with Gasteiger partial charge in [0.25, 0.3) is 5.91 Å². The number of carbonyl (C=O) groups excluding carboxylic acids is 1. The number of imidazole rings is 1. The number of likely N-dealkylation sites (tertiary alicyclic amines) is 1.